The van der Waals surface area contributed by atoms with Gasteiger partial charge in [-0.15, -0.1) is 0 Å². The molecule has 0 bridgehead atoms. The maximum absolute atomic E-state index is 12.2. The van der Waals surface area contributed by atoms with Crippen molar-refractivity contribution in [3.63, 3.8) is 0 Å². The predicted molar refractivity (Wildman–Crippen MR) is 118 cm³/mol. The number of amides is 1. The van der Waals surface area contributed by atoms with Gasteiger partial charge in [0.05, 0.1) is 12.1 Å². The molecule has 1 aromatic carbocycles. The van der Waals surface area contributed by atoms with Crippen LogP contribution in [0.5, 0.6) is 0 Å². The van der Waals surface area contributed by atoms with E-state index in [1.54, 1.807) is 6.08 Å². The minimum atomic E-state index is -0.756. The fourth-order valence-electron chi connectivity index (χ4n) is 3.55. The van der Waals surface area contributed by atoms with Crippen LogP contribution in [0.1, 0.15) is 63.9 Å². The summed E-state index contributed by atoms with van der Waals surface area (Å²) in [5, 5.41) is 19.1. The first-order valence-electron chi connectivity index (χ1n) is 10.9. The molecule has 0 spiro atoms. The molecule has 1 aliphatic rings. The lowest BCUT2D eigenvalue weighted by Gasteiger charge is -2.23. The largest absolute Gasteiger partial charge is 0.481 e. The van der Waals surface area contributed by atoms with Crippen LogP contribution in [0.2, 0.25) is 0 Å². The van der Waals surface area contributed by atoms with E-state index < -0.39 is 12.1 Å². The fourth-order valence-corrected chi connectivity index (χ4v) is 3.55. The van der Waals surface area contributed by atoms with Gasteiger partial charge in [0.25, 0.3) is 0 Å². The van der Waals surface area contributed by atoms with Crippen molar-refractivity contribution in [3.05, 3.63) is 48.0 Å². The summed E-state index contributed by atoms with van der Waals surface area (Å²) in [4.78, 5) is 24.6. The number of hydrogen-bond acceptors (Lipinski definition) is 3. The fraction of sp³-hybridized carbons (Fsp3) is 0.520. The van der Waals surface area contributed by atoms with Gasteiger partial charge in [0.1, 0.15) is 0 Å². The average molecular weight is 412 g/mol. The van der Waals surface area contributed by atoms with Gasteiger partial charge in [-0.1, -0.05) is 62.0 Å². The number of rotatable bonds is 11. The Kier molecular flexibility index (Phi) is 10.2. The number of carboxylic acids is 1. The summed E-state index contributed by atoms with van der Waals surface area (Å²) in [7, 11) is 0. The minimum Gasteiger partial charge on any atom is -0.481 e. The number of carbonyl (C=O) groups excluding carboxylic acids is 1. The molecule has 5 heteroatoms. The first kappa shape index (κ1) is 23.7. The zero-order valence-corrected chi connectivity index (χ0v) is 17.8. The van der Waals surface area contributed by atoms with Crippen LogP contribution in [-0.4, -0.2) is 45.7 Å². The second-order valence-corrected chi connectivity index (χ2v) is 7.98. The normalized spacial score (nSPS) is 18.3. The molecule has 2 rings (SSSR count). The van der Waals surface area contributed by atoms with Crippen LogP contribution < -0.4 is 0 Å². The molecular weight excluding hydrogens is 378 g/mol. The number of carboxylic acid groups (broad SMARTS) is 1. The molecule has 1 aliphatic heterocycles. The summed E-state index contributed by atoms with van der Waals surface area (Å²) in [5.74, 6) is 5.66. The van der Waals surface area contributed by atoms with E-state index in [1.165, 1.54) is 0 Å². The number of aliphatic carboxylic acids is 1. The third-order valence-corrected chi connectivity index (χ3v) is 5.46. The molecule has 1 aromatic rings. The van der Waals surface area contributed by atoms with Crippen LogP contribution in [0.25, 0.3) is 0 Å². The number of benzene rings is 1. The number of aliphatic hydroxyl groups excluding tert-OH is 1. The van der Waals surface area contributed by atoms with E-state index in [0.717, 1.165) is 31.2 Å². The number of unbranched alkanes of at least 4 members (excludes halogenated alkanes) is 3. The molecular formula is C25H33NO4. The summed E-state index contributed by atoms with van der Waals surface area (Å²) in [6.07, 6.45) is 8.66. The Balaban J connectivity index is 1.76. The van der Waals surface area contributed by atoms with Crippen molar-refractivity contribution in [1.29, 1.82) is 0 Å². The van der Waals surface area contributed by atoms with Crippen LogP contribution in [0, 0.1) is 17.8 Å². The average Bonchev–Trinajstić information content (AvgIpc) is 3.08. The monoisotopic (exact) mass is 411 g/mol. The quantitative estimate of drug-likeness (QED) is 0.328. The van der Waals surface area contributed by atoms with Gasteiger partial charge in [-0.05, 0) is 37.3 Å². The van der Waals surface area contributed by atoms with Crippen molar-refractivity contribution >= 4 is 11.9 Å². The van der Waals surface area contributed by atoms with Gasteiger partial charge >= 0.3 is 5.97 Å². The van der Waals surface area contributed by atoms with E-state index in [0.29, 0.717) is 25.8 Å². The van der Waals surface area contributed by atoms with Gasteiger partial charge in [-0.3, -0.25) is 9.59 Å². The Bertz CT molecular complexity index is 762. The number of carbonyl (C=O) groups is 2. The lowest BCUT2D eigenvalue weighted by atomic mass is 9.99. The lowest BCUT2D eigenvalue weighted by Crippen LogP contribution is -2.33. The molecule has 0 radical (unpaired) electrons. The molecule has 0 aliphatic carbocycles. The van der Waals surface area contributed by atoms with E-state index in [9.17, 15) is 14.7 Å². The van der Waals surface area contributed by atoms with Gasteiger partial charge in [0.15, 0.2) is 0 Å². The van der Waals surface area contributed by atoms with Crippen LogP contribution in [0.3, 0.4) is 0 Å². The van der Waals surface area contributed by atoms with E-state index in [-0.39, 0.29) is 24.3 Å². The van der Waals surface area contributed by atoms with Crippen molar-refractivity contribution in [2.75, 3.05) is 6.54 Å². The zero-order chi connectivity index (χ0) is 21.8. The Morgan fingerprint density at radius 2 is 1.97 bits per heavy atom. The number of likely N-dealkylation sites (tertiary alicyclic amines) is 1. The second-order valence-electron chi connectivity index (χ2n) is 7.98. The third-order valence-electron chi connectivity index (χ3n) is 5.46. The molecule has 1 amide bonds. The maximum atomic E-state index is 12.2. The molecule has 5 nitrogen and oxygen atoms in total. The molecule has 1 unspecified atom stereocenters. The zero-order valence-electron chi connectivity index (χ0n) is 17.8. The Morgan fingerprint density at radius 1 is 1.23 bits per heavy atom. The van der Waals surface area contributed by atoms with Gasteiger partial charge in [-0.2, -0.15) is 0 Å². The SMILES string of the molecule is C[C@@H](CC#Cc1ccccc1)[C@H](O)/C=C/C1CCC(=O)N1CCCCCCC(=O)O. The van der Waals surface area contributed by atoms with Crippen LogP contribution >= 0.6 is 0 Å². The summed E-state index contributed by atoms with van der Waals surface area (Å²) >= 11 is 0. The Morgan fingerprint density at radius 3 is 2.70 bits per heavy atom. The summed E-state index contributed by atoms with van der Waals surface area (Å²) in [6, 6.07) is 9.83. The minimum absolute atomic E-state index is 0.0113. The Labute approximate surface area is 179 Å². The molecule has 162 valence electrons. The van der Waals surface area contributed by atoms with Crippen LogP contribution in [0.15, 0.2) is 42.5 Å². The first-order valence-corrected chi connectivity index (χ1v) is 10.9. The van der Waals surface area contributed by atoms with Gasteiger partial charge in [-0.25, -0.2) is 0 Å². The standard InChI is InChI=1S/C25H33NO4/c1-20(10-9-13-21-11-5-4-6-12-21)23(27)17-15-22-16-18-24(28)26(22)19-8-3-2-7-14-25(29)30/h4-6,11-12,15,17,20,22-23,27H,2-3,7-8,10,14,16,18-19H2,1H3,(H,29,30)/b17-15+/t20-,22?,23+/m0/s1. The molecule has 30 heavy (non-hydrogen) atoms. The number of aliphatic hydroxyl groups is 1. The summed E-state index contributed by atoms with van der Waals surface area (Å²) < 4.78 is 0. The highest BCUT2D eigenvalue weighted by atomic mass is 16.4. The lowest BCUT2D eigenvalue weighted by molar-refractivity contribution is -0.137. The maximum Gasteiger partial charge on any atom is 0.303 e. The molecule has 0 saturated carbocycles. The van der Waals surface area contributed by atoms with Crippen LogP contribution in [0.4, 0.5) is 0 Å². The third kappa shape index (κ3) is 8.42. The van der Waals surface area contributed by atoms with E-state index >= 15 is 0 Å². The highest BCUT2D eigenvalue weighted by Gasteiger charge is 2.28. The summed E-state index contributed by atoms with van der Waals surface area (Å²) in [5.41, 5.74) is 0.970. The van der Waals surface area contributed by atoms with Gasteiger partial charge in [0, 0.05) is 31.4 Å². The Hall–Kier alpha value is -2.58. The van der Waals surface area contributed by atoms with Crippen molar-refractivity contribution < 1.29 is 19.8 Å². The van der Waals surface area contributed by atoms with Crippen molar-refractivity contribution in [2.45, 2.75) is 70.4 Å². The van der Waals surface area contributed by atoms with Crippen molar-refractivity contribution in [2.24, 2.45) is 5.92 Å². The molecule has 1 saturated heterocycles. The van der Waals surface area contributed by atoms with Crippen molar-refractivity contribution in [3.8, 4) is 11.8 Å². The van der Waals surface area contributed by atoms with Crippen molar-refractivity contribution in [1.82, 2.24) is 4.90 Å². The van der Waals surface area contributed by atoms with Crippen LogP contribution in [-0.2, 0) is 9.59 Å². The second kappa shape index (κ2) is 12.9. The number of nitrogens with zero attached hydrogens (tertiary/aromatic N) is 1. The molecule has 2 N–H and O–H groups in total. The highest BCUT2D eigenvalue weighted by molar-refractivity contribution is 5.79. The predicted octanol–water partition coefficient (Wildman–Crippen LogP) is 4.01. The molecule has 1 heterocycles. The highest BCUT2D eigenvalue weighted by Crippen LogP contribution is 2.22. The van der Waals surface area contributed by atoms with E-state index in [2.05, 4.69) is 11.8 Å². The summed E-state index contributed by atoms with van der Waals surface area (Å²) in [6.45, 7) is 2.67. The first-order chi connectivity index (χ1) is 14.5. The number of hydrogen-bond donors (Lipinski definition) is 2. The van der Waals surface area contributed by atoms with E-state index in [1.807, 2.05) is 48.2 Å². The molecule has 1 fully saturated rings. The molecule has 3 atom stereocenters. The topological polar surface area (TPSA) is 77.8 Å². The smallest absolute Gasteiger partial charge is 0.303 e. The van der Waals surface area contributed by atoms with Gasteiger partial charge in [0.2, 0.25) is 5.91 Å². The van der Waals surface area contributed by atoms with Gasteiger partial charge < -0.3 is 15.1 Å². The molecule has 0 aromatic heterocycles. The van der Waals surface area contributed by atoms with E-state index in [4.69, 9.17) is 5.11 Å².